The smallest absolute Gasteiger partial charge is 0.243 e. The lowest BCUT2D eigenvalue weighted by Gasteiger charge is -2.10. The summed E-state index contributed by atoms with van der Waals surface area (Å²) in [6.07, 6.45) is 7.28. The summed E-state index contributed by atoms with van der Waals surface area (Å²) in [5.74, 6) is 2.04. The second kappa shape index (κ2) is 5.36. The maximum Gasteiger partial charge on any atom is 0.243 e. The third kappa shape index (κ3) is 2.57. The number of hydrogen-bond acceptors (Lipinski definition) is 5. The van der Waals surface area contributed by atoms with E-state index in [-0.39, 0.29) is 12.1 Å². The van der Waals surface area contributed by atoms with Gasteiger partial charge in [-0.05, 0) is 38.1 Å². The molecule has 1 aromatic heterocycles. The minimum atomic E-state index is 0.0216. The van der Waals surface area contributed by atoms with Crippen molar-refractivity contribution in [3.63, 3.8) is 0 Å². The van der Waals surface area contributed by atoms with Crippen LogP contribution in [0, 0.1) is 5.92 Å². The molecule has 1 aliphatic carbocycles. The first-order valence-corrected chi connectivity index (χ1v) is 6.98. The average Bonchev–Trinajstić information content (AvgIpc) is 3.15. The largest absolute Gasteiger partial charge is 0.373 e. The van der Waals surface area contributed by atoms with E-state index in [9.17, 15) is 0 Å². The molecule has 0 radical (unpaired) electrons. The zero-order chi connectivity index (χ0) is 12.4. The van der Waals surface area contributed by atoms with Gasteiger partial charge in [-0.2, -0.15) is 4.98 Å². The molecule has 0 aromatic carbocycles. The van der Waals surface area contributed by atoms with E-state index in [4.69, 9.17) is 9.26 Å². The molecular weight excluding hydrogens is 230 g/mol. The number of hydrogen-bond donors (Lipinski definition) is 1. The van der Waals surface area contributed by atoms with Crippen LogP contribution in [0.2, 0.25) is 0 Å². The van der Waals surface area contributed by atoms with Gasteiger partial charge in [-0.15, -0.1) is 0 Å². The monoisotopic (exact) mass is 251 g/mol. The molecule has 2 unspecified atom stereocenters. The summed E-state index contributed by atoms with van der Waals surface area (Å²) in [5.41, 5.74) is 0. The van der Waals surface area contributed by atoms with Crippen LogP contribution in [0.1, 0.15) is 62.4 Å². The van der Waals surface area contributed by atoms with Gasteiger partial charge in [0.15, 0.2) is 0 Å². The van der Waals surface area contributed by atoms with Crippen LogP contribution in [0.5, 0.6) is 0 Å². The van der Waals surface area contributed by atoms with Crippen molar-refractivity contribution in [1.82, 2.24) is 15.5 Å². The second-order valence-corrected chi connectivity index (χ2v) is 5.34. The molecular formula is C13H21N3O2. The lowest BCUT2D eigenvalue weighted by molar-refractivity contribution is 0.0751. The molecule has 1 saturated heterocycles. The van der Waals surface area contributed by atoms with Crippen LogP contribution in [0.3, 0.4) is 0 Å². The normalized spacial score (nSPS) is 26.8. The van der Waals surface area contributed by atoms with Gasteiger partial charge >= 0.3 is 0 Å². The highest BCUT2D eigenvalue weighted by Crippen LogP contribution is 2.42. The summed E-state index contributed by atoms with van der Waals surface area (Å²) in [4.78, 5) is 4.54. The lowest BCUT2D eigenvalue weighted by Crippen LogP contribution is -2.20. The molecule has 2 fully saturated rings. The summed E-state index contributed by atoms with van der Waals surface area (Å²) in [6.45, 7) is 1.04. The molecule has 1 aliphatic heterocycles. The molecule has 5 nitrogen and oxygen atoms in total. The predicted octanol–water partition coefficient (Wildman–Crippen LogP) is 2.37. The fourth-order valence-corrected chi connectivity index (χ4v) is 2.65. The van der Waals surface area contributed by atoms with Crippen molar-refractivity contribution in [3.05, 3.63) is 11.7 Å². The van der Waals surface area contributed by atoms with Gasteiger partial charge in [-0.1, -0.05) is 18.0 Å². The number of ether oxygens (including phenoxy) is 1. The highest BCUT2D eigenvalue weighted by atomic mass is 16.5. The molecule has 0 bridgehead atoms. The SMILES string of the molecule is COC(c1noc(C2CCCCCN2)n1)C1CC1. The summed E-state index contributed by atoms with van der Waals surface area (Å²) < 4.78 is 10.9. The van der Waals surface area contributed by atoms with E-state index >= 15 is 0 Å². The van der Waals surface area contributed by atoms with Crippen LogP contribution in [0.4, 0.5) is 0 Å². The van der Waals surface area contributed by atoms with Crippen LogP contribution in [0.15, 0.2) is 4.52 Å². The third-order valence-electron chi connectivity index (χ3n) is 3.87. The molecule has 100 valence electrons. The van der Waals surface area contributed by atoms with Gasteiger partial charge in [0.05, 0.1) is 6.04 Å². The molecule has 18 heavy (non-hydrogen) atoms. The van der Waals surface area contributed by atoms with Crippen molar-refractivity contribution in [3.8, 4) is 0 Å². The van der Waals surface area contributed by atoms with Gasteiger partial charge in [0.1, 0.15) is 6.10 Å². The first kappa shape index (κ1) is 12.1. The maximum absolute atomic E-state index is 5.48. The van der Waals surface area contributed by atoms with E-state index < -0.39 is 0 Å². The lowest BCUT2D eigenvalue weighted by atomic mass is 10.1. The number of rotatable bonds is 4. The molecule has 3 rings (SSSR count). The van der Waals surface area contributed by atoms with Gasteiger partial charge in [0, 0.05) is 7.11 Å². The van der Waals surface area contributed by atoms with Gasteiger partial charge in [0.25, 0.3) is 0 Å². The Morgan fingerprint density at radius 2 is 2.17 bits per heavy atom. The Balaban J connectivity index is 1.71. The van der Waals surface area contributed by atoms with E-state index in [1.807, 2.05) is 0 Å². The van der Waals surface area contributed by atoms with Crippen LogP contribution in [-0.4, -0.2) is 23.8 Å². The molecule has 1 saturated carbocycles. The average molecular weight is 251 g/mol. The third-order valence-corrected chi connectivity index (χ3v) is 3.87. The fourth-order valence-electron chi connectivity index (χ4n) is 2.65. The Morgan fingerprint density at radius 1 is 1.28 bits per heavy atom. The number of methoxy groups -OCH3 is 1. The van der Waals surface area contributed by atoms with E-state index in [1.165, 1.54) is 32.1 Å². The standard InChI is InChI=1S/C13H21N3O2/c1-17-11(9-6-7-9)12-15-13(18-16-12)10-5-3-2-4-8-14-10/h9-11,14H,2-8H2,1H3. The van der Waals surface area contributed by atoms with E-state index in [0.29, 0.717) is 5.92 Å². The van der Waals surface area contributed by atoms with Crippen LogP contribution in [0.25, 0.3) is 0 Å². The Hall–Kier alpha value is -0.940. The summed E-state index contributed by atoms with van der Waals surface area (Å²) in [7, 11) is 1.73. The summed E-state index contributed by atoms with van der Waals surface area (Å²) in [5, 5.41) is 7.58. The van der Waals surface area contributed by atoms with Gasteiger partial charge in [-0.25, -0.2) is 0 Å². The maximum atomic E-state index is 5.48. The summed E-state index contributed by atoms with van der Waals surface area (Å²) in [6, 6.07) is 0.227. The number of nitrogens with zero attached hydrogens (tertiary/aromatic N) is 2. The van der Waals surface area contributed by atoms with E-state index in [2.05, 4.69) is 15.5 Å². The Kier molecular flexibility index (Phi) is 3.61. The molecule has 2 aliphatic rings. The van der Waals surface area contributed by atoms with Crippen LogP contribution >= 0.6 is 0 Å². The Labute approximate surface area is 107 Å². The zero-order valence-corrected chi connectivity index (χ0v) is 10.9. The minimum absolute atomic E-state index is 0.0216. The molecule has 0 amide bonds. The zero-order valence-electron chi connectivity index (χ0n) is 10.9. The molecule has 2 atom stereocenters. The Bertz CT molecular complexity index is 381. The first-order valence-electron chi connectivity index (χ1n) is 6.98. The number of aromatic nitrogens is 2. The first-order chi connectivity index (χ1) is 8.88. The van der Waals surface area contributed by atoms with Gasteiger partial charge < -0.3 is 14.6 Å². The molecule has 1 aromatic rings. The quantitative estimate of drug-likeness (QED) is 0.890. The predicted molar refractivity (Wildman–Crippen MR) is 66.0 cm³/mol. The van der Waals surface area contributed by atoms with Gasteiger partial charge in [-0.3, -0.25) is 0 Å². The van der Waals surface area contributed by atoms with Gasteiger partial charge in [0.2, 0.25) is 11.7 Å². The van der Waals surface area contributed by atoms with E-state index in [1.54, 1.807) is 7.11 Å². The van der Waals surface area contributed by atoms with E-state index in [0.717, 1.165) is 24.7 Å². The van der Waals surface area contributed by atoms with Crippen molar-refractivity contribution in [2.75, 3.05) is 13.7 Å². The molecule has 1 N–H and O–H groups in total. The van der Waals surface area contributed by atoms with Crippen LogP contribution in [-0.2, 0) is 4.74 Å². The number of nitrogens with one attached hydrogen (secondary N) is 1. The fraction of sp³-hybridized carbons (Fsp3) is 0.846. The van der Waals surface area contributed by atoms with Crippen molar-refractivity contribution in [2.45, 2.75) is 50.7 Å². The molecule has 5 heteroatoms. The van der Waals surface area contributed by atoms with Crippen molar-refractivity contribution in [1.29, 1.82) is 0 Å². The van der Waals surface area contributed by atoms with Crippen LogP contribution < -0.4 is 5.32 Å². The minimum Gasteiger partial charge on any atom is -0.373 e. The molecule has 2 heterocycles. The highest BCUT2D eigenvalue weighted by molar-refractivity contribution is 5.00. The summed E-state index contributed by atoms with van der Waals surface area (Å²) >= 11 is 0. The Morgan fingerprint density at radius 3 is 2.94 bits per heavy atom. The second-order valence-electron chi connectivity index (χ2n) is 5.34. The topological polar surface area (TPSA) is 60.2 Å². The van der Waals surface area contributed by atoms with Crippen molar-refractivity contribution >= 4 is 0 Å². The molecule has 0 spiro atoms. The van der Waals surface area contributed by atoms with Crippen molar-refractivity contribution in [2.24, 2.45) is 5.92 Å². The highest BCUT2D eigenvalue weighted by Gasteiger charge is 2.36. The van der Waals surface area contributed by atoms with Crippen molar-refractivity contribution < 1.29 is 9.26 Å².